The van der Waals surface area contributed by atoms with Crippen LogP contribution in [0, 0.1) is 0 Å². The number of nitrogens with one attached hydrogen (secondary N) is 1. The zero-order valence-corrected chi connectivity index (χ0v) is 19.8. The Kier molecular flexibility index (Phi) is 8.00. The van der Waals surface area contributed by atoms with Crippen LogP contribution in [0.15, 0.2) is 33.9 Å². The predicted octanol–water partition coefficient (Wildman–Crippen LogP) is 1.10. The SMILES string of the molecule is CC(=O)OCC1=C(C(=O)O)N2C(=O)[C@@H](NC(=O)C(=NOC(=O)C(Cl)Cl)c3cccs3)[C@@H]2SC1. The summed E-state index contributed by atoms with van der Waals surface area (Å²) in [6, 6.07) is 2.13. The molecule has 33 heavy (non-hydrogen) atoms. The molecule has 2 amide bonds. The second kappa shape index (κ2) is 10.5. The first-order chi connectivity index (χ1) is 15.6. The third-order valence-electron chi connectivity index (χ3n) is 4.36. The van der Waals surface area contributed by atoms with E-state index >= 15 is 0 Å². The summed E-state index contributed by atoms with van der Waals surface area (Å²) in [4.78, 5) is 64.4. The summed E-state index contributed by atoms with van der Waals surface area (Å²) in [6.07, 6.45) is 0. The Bertz CT molecular complexity index is 1060. The number of hydrogen-bond acceptors (Lipinski definition) is 10. The van der Waals surface area contributed by atoms with Gasteiger partial charge in [0.15, 0.2) is 5.71 Å². The Balaban J connectivity index is 1.78. The van der Waals surface area contributed by atoms with E-state index in [0.717, 1.165) is 16.2 Å². The Labute approximate surface area is 204 Å². The summed E-state index contributed by atoms with van der Waals surface area (Å²) >= 11 is 13.1. The fourth-order valence-corrected chi connectivity index (χ4v) is 5.04. The van der Waals surface area contributed by atoms with Crippen LogP contribution in [0.1, 0.15) is 11.8 Å². The smallest absolute Gasteiger partial charge is 0.367 e. The minimum Gasteiger partial charge on any atom is -0.477 e. The summed E-state index contributed by atoms with van der Waals surface area (Å²) < 4.78 is 4.88. The van der Waals surface area contributed by atoms with Crippen LogP contribution in [-0.4, -0.2) is 74.1 Å². The minimum atomic E-state index is -1.51. The lowest BCUT2D eigenvalue weighted by Crippen LogP contribution is -2.71. The summed E-state index contributed by atoms with van der Waals surface area (Å²) in [7, 11) is 0. The number of nitrogens with zero attached hydrogens (tertiary/aromatic N) is 2. The second-order valence-electron chi connectivity index (χ2n) is 6.53. The summed E-state index contributed by atoms with van der Waals surface area (Å²) in [5.74, 6) is -4.35. The molecule has 0 aromatic carbocycles. The molecular weight excluding hydrogens is 521 g/mol. The van der Waals surface area contributed by atoms with E-state index in [0.29, 0.717) is 4.88 Å². The van der Waals surface area contributed by atoms with Crippen molar-refractivity contribution in [1.29, 1.82) is 0 Å². The Morgan fingerprint density at radius 2 is 2.09 bits per heavy atom. The van der Waals surface area contributed by atoms with Crippen LogP contribution in [0.25, 0.3) is 0 Å². The number of thiophene rings is 1. The maximum absolute atomic E-state index is 12.8. The van der Waals surface area contributed by atoms with E-state index in [4.69, 9.17) is 27.9 Å². The van der Waals surface area contributed by atoms with E-state index in [-0.39, 0.29) is 29.3 Å². The Morgan fingerprint density at radius 1 is 1.36 bits per heavy atom. The number of carboxylic acid groups (broad SMARTS) is 1. The number of amides is 2. The molecule has 2 atom stereocenters. The van der Waals surface area contributed by atoms with Crippen LogP contribution in [-0.2, 0) is 33.5 Å². The first-order valence-corrected chi connectivity index (χ1v) is 11.9. The number of alkyl halides is 2. The fraction of sp³-hybridized carbons (Fsp3) is 0.333. The number of halogens is 2. The highest BCUT2D eigenvalue weighted by atomic mass is 35.5. The van der Waals surface area contributed by atoms with Crippen LogP contribution < -0.4 is 5.32 Å². The van der Waals surface area contributed by atoms with Gasteiger partial charge >= 0.3 is 17.9 Å². The largest absolute Gasteiger partial charge is 0.477 e. The van der Waals surface area contributed by atoms with Crippen molar-refractivity contribution in [3.05, 3.63) is 33.7 Å². The summed E-state index contributed by atoms with van der Waals surface area (Å²) in [6.45, 7) is 0.921. The van der Waals surface area contributed by atoms with Crippen LogP contribution in [0.4, 0.5) is 0 Å². The molecule has 1 saturated heterocycles. The summed E-state index contributed by atoms with van der Waals surface area (Å²) in [5, 5.41) is 16.6. The highest BCUT2D eigenvalue weighted by molar-refractivity contribution is 8.00. The topological polar surface area (TPSA) is 152 Å². The molecular formula is C18H15Cl2N3O8S2. The van der Waals surface area contributed by atoms with Crippen molar-refractivity contribution in [2.24, 2.45) is 5.16 Å². The molecule has 11 nitrogen and oxygen atoms in total. The summed E-state index contributed by atoms with van der Waals surface area (Å²) in [5.41, 5.74) is -0.308. The molecule has 0 bridgehead atoms. The maximum atomic E-state index is 12.8. The van der Waals surface area contributed by atoms with Gasteiger partial charge < -0.3 is 20.0 Å². The average molecular weight is 536 g/mol. The van der Waals surface area contributed by atoms with E-state index in [1.807, 2.05) is 0 Å². The number of thioether (sulfide) groups is 1. The van der Waals surface area contributed by atoms with Gasteiger partial charge in [0.2, 0.25) is 4.84 Å². The van der Waals surface area contributed by atoms with Crippen molar-refractivity contribution in [1.82, 2.24) is 10.2 Å². The maximum Gasteiger partial charge on any atom is 0.367 e. The van der Waals surface area contributed by atoms with Crippen molar-refractivity contribution in [2.75, 3.05) is 12.4 Å². The van der Waals surface area contributed by atoms with Crippen LogP contribution in [0.5, 0.6) is 0 Å². The second-order valence-corrected chi connectivity index (χ2v) is 9.68. The van der Waals surface area contributed by atoms with Gasteiger partial charge in [-0.2, -0.15) is 0 Å². The molecule has 2 aliphatic heterocycles. The minimum absolute atomic E-state index is 0.173. The lowest BCUT2D eigenvalue weighted by Gasteiger charge is -2.49. The predicted molar refractivity (Wildman–Crippen MR) is 119 cm³/mol. The van der Waals surface area contributed by atoms with Gasteiger partial charge in [-0.3, -0.25) is 19.3 Å². The number of carbonyl (C=O) groups excluding carboxylic acids is 4. The van der Waals surface area contributed by atoms with E-state index in [9.17, 15) is 29.1 Å². The lowest BCUT2D eigenvalue weighted by molar-refractivity contribution is -0.150. The molecule has 3 rings (SSSR count). The van der Waals surface area contributed by atoms with Gasteiger partial charge in [0, 0.05) is 18.2 Å². The average Bonchev–Trinajstić information content (AvgIpc) is 3.29. The van der Waals surface area contributed by atoms with Crippen molar-refractivity contribution in [2.45, 2.75) is 23.2 Å². The highest BCUT2D eigenvalue weighted by Crippen LogP contribution is 2.40. The molecule has 176 valence electrons. The number of rotatable bonds is 8. The number of aliphatic carboxylic acids is 1. The van der Waals surface area contributed by atoms with Gasteiger partial charge in [0.1, 0.15) is 23.7 Å². The molecule has 1 aromatic rings. The Morgan fingerprint density at radius 3 is 2.67 bits per heavy atom. The molecule has 3 heterocycles. The quantitative estimate of drug-likeness (QED) is 0.124. The molecule has 0 radical (unpaired) electrons. The van der Waals surface area contributed by atoms with Crippen molar-refractivity contribution < 1.29 is 38.7 Å². The van der Waals surface area contributed by atoms with Gasteiger partial charge in [0.05, 0.1) is 4.88 Å². The van der Waals surface area contributed by atoms with Gasteiger partial charge in [0.25, 0.3) is 11.8 Å². The molecule has 2 aliphatic rings. The molecule has 0 aliphatic carbocycles. The third-order valence-corrected chi connectivity index (χ3v) is 6.93. The number of carbonyl (C=O) groups is 5. The Hall–Kier alpha value is -2.61. The van der Waals surface area contributed by atoms with Gasteiger partial charge in [-0.1, -0.05) is 34.4 Å². The van der Waals surface area contributed by atoms with E-state index in [1.54, 1.807) is 17.5 Å². The van der Waals surface area contributed by atoms with Gasteiger partial charge in [-0.15, -0.1) is 23.1 Å². The van der Waals surface area contributed by atoms with Crippen LogP contribution in [0.3, 0.4) is 0 Å². The number of oxime groups is 1. The van der Waals surface area contributed by atoms with Crippen molar-refractivity contribution >= 4 is 81.7 Å². The number of fused-ring (bicyclic) bond motifs is 1. The number of β-lactam (4-membered cyclic amide) rings is 1. The molecule has 1 aromatic heterocycles. The number of carboxylic acids is 1. The molecule has 1 fully saturated rings. The zero-order chi connectivity index (χ0) is 24.3. The van der Waals surface area contributed by atoms with E-state index in [2.05, 4.69) is 15.3 Å². The molecule has 15 heteroatoms. The number of ether oxygens (including phenoxy) is 1. The van der Waals surface area contributed by atoms with E-state index < -0.39 is 46.0 Å². The standard InChI is InChI=1S/C18H15Cl2N3O8S2/c1-7(24)30-5-8-6-33-16-11(15(26)23(16)12(8)17(27)28)21-14(25)10(9-3-2-4-32-9)22-31-18(29)13(19)20/h2-4,11,13,16H,5-6H2,1H3,(H,21,25)(H,27,28)/t11-,16+/m1/s1. The van der Waals surface area contributed by atoms with Crippen molar-refractivity contribution in [3.8, 4) is 0 Å². The normalized spacial score (nSPS) is 20.2. The number of hydrogen-bond donors (Lipinski definition) is 2. The fourth-order valence-electron chi connectivity index (χ4n) is 2.93. The highest BCUT2D eigenvalue weighted by Gasteiger charge is 2.54. The monoisotopic (exact) mass is 535 g/mol. The van der Waals surface area contributed by atoms with E-state index in [1.165, 1.54) is 18.7 Å². The van der Waals surface area contributed by atoms with Crippen LogP contribution in [0.2, 0.25) is 0 Å². The lowest BCUT2D eigenvalue weighted by atomic mass is 10.0. The first-order valence-electron chi connectivity index (χ1n) is 9.07. The first kappa shape index (κ1) is 25.0. The number of esters is 1. The van der Waals surface area contributed by atoms with Crippen LogP contribution >= 0.6 is 46.3 Å². The van der Waals surface area contributed by atoms with Gasteiger partial charge in [-0.25, -0.2) is 9.59 Å². The van der Waals surface area contributed by atoms with Gasteiger partial charge in [-0.05, 0) is 11.4 Å². The zero-order valence-electron chi connectivity index (χ0n) is 16.7. The molecule has 2 N–H and O–H groups in total. The third kappa shape index (κ3) is 5.49. The van der Waals surface area contributed by atoms with Crippen molar-refractivity contribution in [3.63, 3.8) is 0 Å². The molecule has 0 saturated carbocycles. The molecule has 0 spiro atoms. The molecule has 0 unspecified atom stereocenters.